The summed E-state index contributed by atoms with van der Waals surface area (Å²) < 4.78 is 5.15. The standard InChI is InChI=1S/C13H18N2O2.ClH/c1-10(12-7-14-8-12)15-13(16)17-9-11-5-3-2-4-6-11;/h2-6,10,12,14H,7-9H2,1H3,(H,15,16);1H. The van der Waals surface area contributed by atoms with Gasteiger partial charge in [0.15, 0.2) is 0 Å². The van der Waals surface area contributed by atoms with Crippen molar-refractivity contribution in [2.24, 2.45) is 5.92 Å². The molecule has 1 aliphatic heterocycles. The molecule has 1 unspecified atom stereocenters. The zero-order valence-corrected chi connectivity index (χ0v) is 11.2. The van der Waals surface area contributed by atoms with Gasteiger partial charge in [0.2, 0.25) is 0 Å². The van der Waals surface area contributed by atoms with Crippen molar-refractivity contribution in [3.8, 4) is 0 Å². The second-order valence-electron chi connectivity index (χ2n) is 4.41. The van der Waals surface area contributed by atoms with Crippen LogP contribution >= 0.6 is 12.4 Å². The molecular formula is C13H19ClN2O2. The van der Waals surface area contributed by atoms with Crippen LogP contribution < -0.4 is 10.6 Å². The molecule has 0 aliphatic carbocycles. The normalized spacial score (nSPS) is 16.1. The van der Waals surface area contributed by atoms with Crippen molar-refractivity contribution < 1.29 is 9.53 Å². The molecule has 18 heavy (non-hydrogen) atoms. The number of hydrogen-bond donors (Lipinski definition) is 2. The number of hydrogen-bond acceptors (Lipinski definition) is 3. The van der Waals surface area contributed by atoms with Gasteiger partial charge in [0, 0.05) is 25.0 Å². The van der Waals surface area contributed by atoms with Gasteiger partial charge >= 0.3 is 6.09 Å². The predicted molar refractivity (Wildman–Crippen MR) is 72.8 cm³/mol. The molecule has 1 aromatic rings. The highest BCUT2D eigenvalue weighted by Crippen LogP contribution is 2.08. The van der Waals surface area contributed by atoms with E-state index in [-0.39, 0.29) is 24.5 Å². The Kier molecular flexibility index (Phi) is 5.95. The van der Waals surface area contributed by atoms with E-state index in [0.717, 1.165) is 18.7 Å². The Morgan fingerprint density at radius 3 is 2.67 bits per heavy atom. The van der Waals surface area contributed by atoms with Gasteiger partial charge in [-0.3, -0.25) is 0 Å². The first-order chi connectivity index (χ1) is 8.25. The topological polar surface area (TPSA) is 50.4 Å². The number of carbonyl (C=O) groups is 1. The number of ether oxygens (including phenoxy) is 1. The summed E-state index contributed by atoms with van der Waals surface area (Å²) in [5.74, 6) is 0.527. The fraction of sp³-hybridized carbons (Fsp3) is 0.462. The van der Waals surface area contributed by atoms with Crippen molar-refractivity contribution in [1.82, 2.24) is 10.6 Å². The molecule has 1 saturated heterocycles. The molecule has 1 amide bonds. The predicted octanol–water partition coefficient (Wildman–Crippen LogP) is 1.94. The Hall–Kier alpha value is -1.26. The Balaban J connectivity index is 0.00000162. The van der Waals surface area contributed by atoms with Crippen LogP contribution in [0.15, 0.2) is 30.3 Å². The maximum absolute atomic E-state index is 11.5. The third-order valence-corrected chi connectivity index (χ3v) is 3.08. The molecule has 0 saturated carbocycles. The number of benzene rings is 1. The van der Waals surface area contributed by atoms with Crippen LogP contribution in [0.5, 0.6) is 0 Å². The summed E-state index contributed by atoms with van der Waals surface area (Å²) in [6.45, 7) is 4.28. The summed E-state index contributed by atoms with van der Waals surface area (Å²) >= 11 is 0. The van der Waals surface area contributed by atoms with Crippen molar-refractivity contribution in [3.63, 3.8) is 0 Å². The minimum atomic E-state index is -0.340. The van der Waals surface area contributed by atoms with E-state index < -0.39 is 0 Å². The number of halogens is 1. The van der Waals surface area contributed by atoms with Crippen molar-refractivity contribution in [1.29, 1.82) is 0 Å². The van der Waals surface area contributed by atoms with E-state index in [2.05, 4.69) is 10.6 Å². The van der Waals surface area contributed by atoms with Crippen LogP contribution in [-0.4, -0.2) is 25.2 Å². The fourth-order valence-corrected chi connectivity index (χ4v) is 1.73. The summed E-state index contributed by atoms with van der Waals surface area (Å²) in [4.78, 5) is 11.5. The summed E-state index contributed by atoms with van der Waals surface area (Å²) in [5, 5.41) is 6.03. The number of nitrogens with one attached hydrogen (secondary N) is 2. The average Bonchev–Trinajstić information content (AvgIpc) is 2.25. The van der Waals surface area contributed by atoms with Crippen molar-refractivity contribution in [2.45, 2.75) is 19.6 Å². The Labute approximate surface area is 114 Å². The Bertz CT molecular complexity index is 369. The van der Waals surface area contributed by atoms with Gasteiger partial charge in [-0.2, -0.15) is 0 Å². The first-order valence-corrected chi connectivity index (χ1v) is 5.93. The highest BCUT2D eigenvalue weighted by Gasteiger charge is 2.24. The molecule has 100 valence electrons. The van der Waals surface area contributed by atoms with Crippen LogP contribution in [0.3, 0.4) is 0 Å². The van der Waals surface area contributed by atoms with Gasteiger partial charge in [0.25, 0.3) is 0 Å². The van der Waals surface area contributed by atoms with Crippen LogP contribution in [0.4, 0.5) is 4.79 Å². The summed E-state index contributed by atoms with van der Waals surface area (Å²) in [7, 11) is 0. The van der Waals surface area contributed by atoms with Crippen molar-refractivity contribution >= 4 is 18.5 Å². The molecule has 1 atom stereocenters. The lowest BCUT2D eigenvalue weighted by Crippen LogP contribution is -2.53. The lowest BCUT2D eigenvalue weighted by atomic mass is 9.95. The molecule has 2 N–H and O–H groups in total. The van der Waals surface area contributed by atoms with E-state index in [1.807, 2.05) is 37.3 Å². The third-order valence-electron chi connectivity index (χ3n) is 3.08. The van der Waals surface area contributed by atoms with E-state index >= 15 is 0 Å². The summed E-state index contributed by atoms with van der Waals surface area (Å²) in [6, 6.07) is 9.84. The lowest BCUT2D eigenvalue weighted by molar-refractivity contribution is 0.129. The van der Waals surface area contributed by atoms with Gasteiger partial charge < -0.3 is 15.4 Å². The molecule has 0 bridgehead atoms. The van der Waals surface area contributed by atoms with Crippen LogP contribution in [0.2, 0.25) is 0 Å². The van der Waals surface area contributed by atoms with Gasteiger partial charge in [-0.05, 0) is 12.5 Å². The first kappa shape index (κ1) is 14.8. The minimum absolute atomic E-state index is 0. The highest BCUT2D eigenvalue weighted by atomic mass is 35.5. The average molecular weight is 271 g/mol. The molecule has 1 aliphatic rings. The largest absolute Gasteiger partial charge is 0.445 e. The molecule has 2 rings (SSSR count). The van der Waals surface area contributed by atoms with Gasteiger partial charge in [-0.15, -0.1) is 12.4 Å². The minimum Gasteiger partial charge on any atom is -0.445 e. The zero-order valence-electron chi connectivity index (χ0n) is 10.4. The van der Waals surface area contributed by atoms with Crippen LogP contribution in [0.1, 0.15) is 12.5 Å². The highest BCUT2D eigenvalue weighted by molar-refractivity contribution is 5.85. The van der Waals surface area contributed by atoms with E-state index in [9.17, 15) is 4.79 Å². The second kappa shape index (κ2) is 7.24. The number of rotatable bonds is 4. The molecule has 0 aromatic heterocycles. The summed E-state index contributed by atoms with van der Waals surface area (Å²) in [6.07, 6.45) is -0.340. The van der Waals surface area contributed by atoms with E-state index in [4.69, 9.17) is 4.74 Å². The number of alkyl carbamates (subject to hydrolysis) is 1. The van der Waals surface area contributed by atoms with Crippen molar-refractivity contribution in [2.75, 3.05) is 13.1 Å². The van der Waals surface area contributed by atoms with Crippen LogP contribution in [0, 0.1) is 5.92 Å². The lowest BCUT2D eigenvalue weighted by Gasteiger charge is -2.32. The zero-order chi connectivity index (χ0) is 12.1. The molecular weight excluding hydrogens is 252 g/mol. The molecule has 1 heterocycles. The molecule has 4 nitrogen and oxygen atoms in total. The summed E-state index contributed by atoms with van der Waals surface area (Å²) in [5.41, 5.74) is 1.00. The van der Waals surface area contributed by atoms with Gasteiger partial charge in [0.1, 0.15) is 6.61 Å². The maximum Gasteiger partial charge on any atom is 0.407 e. The van der Waals surface area contributed by atoms with Crippen molar-refractivity contribution in [3.05, 3.63) is 35.9 Å². The molecule has 0 spiro atoms. The van der Waals surface area contributed by atoms with E-state index in [1.165, 1.54) is 0 Å². The number of amides is 1. The quantitative estimate of drug-likeness (QED) is 0.879. The molecule has 0 radical (unpaired) electrons. The van der Waals surface area contributed by atoms with E-state index in [1.54, 1.807) is 0 Å². The number of carbonyl (C=O) groups excluding carboxylic acids is 1. The van der Waals surface area contributed by atoms with Crippen LogP contribution in [-0.2, 0) is 11.3 Å². The van der Waals surface area contributed by atoms with Gasteiger partial charge in [0.05, 0.1) is 0 Å². The molecule has 1 fully saturated rings. The maximum atomic E-state index is 11.5. The van der Waals surface area contributed by atoms with Gasteiger partial charge in [-0.1, -0.05) is 30.3 Å². The van der Waals surface area contributed by atoms with Crippen LogP contribution in [0.25, 0.3) is 0 Å². The fourth-order valence-electron chi connectivity index (χ4n) is 1.73. The molecule has 5 heteroatoms. The SMILES string of the molecule is CC(NC(=O)OCc1ccccc1)C1CNC1.Cl. The Morgan fingerprint density at radius 2 is 2.11 bits per heavy atom. The second-order valence-corrected chi connectivity index (χ2v) is 4.41. The van der Waals surface area contributed by atoms with E-state index in [0.29, 0.717) is 12.5 Å². The first-order valence-electron chi connectivity index (χ1n) is 5.93. The monoisotopic (exact) mass is 270 g/mol. The molecule has 1 aromatic carbocycles. The smallest absolute Gasteiger partial charge is 0.407 e. The third kappa shape index (κ3) is 4.20. The van der Waals surface area contributed by atoms with Gasteiger partial charge in [-0.25, -0.2) is 4.79 Å². The Morgan fingerprint density at radius 1 is 1.44 bits per heavy atom.